The molecule has 0 radical (unpaired) electrons. The fourth-order valence-electron chi connectivity index (χ4n) is 3.72. The number of anilines is 1. The maximum atomic E-state index is 13.6. The number of aryl methyl sites for hydroxylation is 1. The average molecular weight is 356 g/mol. The Bertz CT molecular complexity index is 840. The highest BCUT2D eigenvalue weighted by Gasteiger charge is 2.25. The molecule has 0 aromatic heterocycles. The number of halogens is 1. The first kappa shape index (κ1) is 16.8. The van der Waals surface area contributed by atoms with Crippen LogP contribution in [0.5, 0.6) is 5.75 Å². The highest BCUT2D eigenvalue weighted by atomic mass is 19.1. The van der Waals surface area contributed by atoms with Crippen LogP contribution in [0.3, 0.4) is 0 Å². The quantitative estimate of drug-likeness (QED) is 0.773. The van der Waals surface area contributed by atoms with Crippen LogP contribution in [0.2, 0.25) is 0 Å². The number of rotatable bonds is 2. The van der Waals surface area contributed by atoms with Gasteiger partial charge in [0, 0.05) is 24.1 Å². The Labute approximate surface area is 151 Å². The lowest BCUT2D eigenvalue weighted by Gasteiger charge is -2.27. The van der Waals surface area contributed by atoms with Crippen molar-refractivity contribution in [3.05, 3.63) is 58.9 Å². The summed E-state index contributed by atoms with van der Waals surface area (Å²) >= 11 is 0. The molecule has 0 saturated carbocycles. The Kier molecular flexibility index (Phi) is 4.51. The molecule has 136 valence electrons. The minimum Gasteiger partial charge on any atom is -0.493 e. The van der Waals surface area contributed by atoms with Crippen LogP contribution < -0.4 is 15.4 Å². The normalized spacial score (nSPS) is 21.2. The van der Waals surface area contributed by atoms with Crippen molar-refractivity contribution in [1.29, 1.82) is 0 Å². The van der Waals surface area contributed by atoms with Crippen molar-refractivity contribution in [2.45, 2.75) is 37.8 Å². The molecular formula is C20H21FN2O3. The van der Waals surface area contributed by atoms with Gasteiger partial charge in [-0.3, -0.25) is 0 Å². The van der Waals surface area contributed by atoms with Gasteiger partial charge in [0.25, 0.3) is 0 Å². The number of amides is 2. The lowest BCUT2D eigenvalue weighted by atomic mass is 9.88. The topological polar surface area (TPSA) is 70.6 Å². The van der Waals surface area contributed by atoms with E-state index in [0.717, 1.165) is 24.0 Å². The van der Waals surface area contributed by atoms with Crippen molar-refractivity contribution in [3.63, 3.8) is 0 Å². The summed E-state index contributed by atoms with van der Waals surface area (Å²) in [5.41, 5.74) is 3.51. The highest BCUT2D eigenvalue weighted by molar-refractivity contribution is 5.90. The number of aliphatic hydroxyl groups excluding tert-OH is 1. The third kappa shape index (κ3) is 3.37. The molecule has 6 heteroatoms. The standard InChI is InChI=1S/C20H21FN2O3/c21-13-5-7-19-16(10-13)18(8-9-26-19)23-20(25)22-17-3-1-2-12-4-6-14(24)11-15(12)17/h1-3,5,7,10,14,18,24H,4,6,8-9,11H2,(H2,22,23,25)/t14-,18-/m1/s1. The molecule has 0 unspecified atom stereocenters. The van der Waals surface area contributed by atoms with Gasteiger partial charge in [-0.2, -0.15) is 0 Å². The summed E-state index contributed by atoms with van der Waals surface area (Å²) < 4.78 is 19.1. The number of carbonyl (C=O) groups is 1. The van der Waals surface area contributed by atoms with Gasteiger partial charge in [0.05, 0.1) is 18.8 Å². The van der Waals surface area contributed by atoms with Crippen LogP contribution in [-0.2, 0) is 12.8 Å². The second kappa shape index (κ2) is 6.96. The van der Waals surface area contributed by atoms with Crippen molar-refractivity contribution in [2.75, 3.05) is 11.9 Å². The van der Waals surface area contributed by atoms with E-state index in [1.165, 1.54) is 12.1 Å². The van der Waals surface area contributed by atoms with Crippen LogP contribution in [0.25, 0.3) is 0 Å². The zero-order chi connectivity index (χ0) is 18.1. The zero-order valence-corrected chi connectivity index (χ0v) is 14.3. The first-order valence-corrected chi connectivity index (χ1v) is 8.89. The SMILES string of the molecule is O=C(Nc1cccc2c1C[C@H](O)CC2)N[C@@H]1CCOc2ccc(F)cc21. The summed E-state index contributed by atoms with van der Waals surface area (Å²) in [6, 6.07) is 9.47. The first-order chi connectivity index (χ1) is 12.6. The molecule has 0 fully saturated rings. The van der Waals surface area contributed by atoms with Crippen LogP contribution in [-0.4, -0.2) is 23.8 Å². The lowest BCUT2D eigenvalue weighted by Crippen LogP contribution is -2.35. The molecule has 26 heavy (non-hydrogen) atoms. The van der Waals surface area contributed by atoms with Crippen molar-refractivity contribution in [2.24, 2.45) is 0 Å². The van der Waals surface area contributed by atoms with Gasteiger partial charge >= 0.3 is 6.03 Å². The minimum absolute atomic E-state index is 0.306. The zero-order valence-electron chi connectivity index (χ0n) is 14.3. The van der Waals surface area contributed by atoms with Crippen LogP contribution in [0.4, 0.5) is 14.9 Å². The fraction of sp³-hybridized carbons (Fsp3) is 0.350. The number of aliphatic hydroxyl groups is 1. The molecule has 2 aliphatic rings. The maximum Gasteiger partial charge on any atom is 0.319 e. The molecule has 3 N–H and O–H groups in total. The Balaban J connectivity index is 1.50. The summed E-state index contributed by atoms with van der Waals surface area (Å²) in [5.74, 6) is 0.246. The Morgan fingerprint density at radius 3 is 3.00 bits per heavy atom. The second-order valence-electron chi connectivity index (χ2n) is 6.81. The van der Waals surface area contributed by atoms with E-state index in [2.05, 4.69) is 10.6 Å². The van der Waals surface area contributed by atoms with Gasteiger partial charge < -0.3 is 20.5 Å². The van der Waals surface area contributed by atoms with E-state index in [-0.39, 0.29) is 24.0 Å². The molecule has 2 aromatic carbocycles. The van der Waals surface area contributed by atoms with Crippen molar-refractivity contribution in [3.8, 4) is 5.75 Å². The maximum absolute atomic E-state index is 13.6. The largest absolute Gasteiger partial charge is 0.493 e. The monoisotopic (exact) mass is 356 g/mol. The lowest BCUT2D eigenvalue weighted by molar-refractivity contribution is 0.159. The summed E-state index contributed by atoms with van der Waals surface area (Å²) in [4.78, 5) is 12.5. The van der Waals surface area contributed by atoms with E-state index >= 15 is 0 Å². The van der Waals surface area contributed by atoms with Crippen LogP contribution in [0.1, 0.15) is 35.6 Å². The molecule has 5 nitrogen and oxygen atoms in total. The van der Waals surface area contributed by atoms with Crippen molar-refractivity contribution in [1.82, 2.24) is 5.32 Å². The van der Waals surface area contributed by atoms with Gasteiger partial charge in [0.15, 0.2) is 0 Å². The van der Waals surface area contributed by atoms with E-state index in [9.17, 15) is 14.3 Å². The Morgan fingerprint density at radius 2 is 2.12 bits per heavy atom. The van der Waals surface area contributed by atoms with Gasteiger partial charge in [-0.15, -0.1) is 0 Å². The fourth-order valence-corrected chi connectivity index (χ4v) is 3.72. The van der Waals surface area contributed by atoms with E-state index in [4.69, 9.17) is 4.74 Å². The van der Waals surface area contributed by atoms with E-state index in [0.29, 0.717) is 36.4 Å². The third-order valence-corrected chi connectivity index (χ3v) is 5.02. The van der Waals surface area contributed by atoms with Gasteiger partial charge in [0.2, 0.25) is 0 Å². The van der Waals surface area contributed by atoms with E-state index in [1.54, 1.807) is 6.07 Å². The smallest absolute Gasteiger partial charge is 0.319 e. The predicted molar refractivity (Wildman–Crippen MR) is 95.9 cm³/mol. The summed E-state index contributed by atoms with van der Waals surface area (Å²) in [6.07, 6.45) is 2.29. The van der Waals surface area contributed by atoms with Crippen molar-refractivity contribution >= 4 is 11.7 Å². The molecule has 0 bridgehead atoms. The van der Waals surface area contributed by atoms with Gasteiger partial charge in [-0.1, -0.05) is 12.1 Å². The van der Waals surface area contributed by atoms with Gasteiger partial charge in [-0.25, -0.2) is 9.18 Å². The first-order valence-electron chi connectivity index (χ1n) is 8.89. The molecule has 1 heterocycles. The molecule has 4 rings (SSSR count). The Morgan fingerprint density at radius 1 is 1.23 bits per heavy atom. The van der Waals surface area contributed by atoms with E-state index < -0.39 is 0 Å². The molecule has 2 amide bonds. The average Bonchev–Trinajstić information content (AvgIpc) is 2.63. The van der Waals surface area contributed by atoms with Crippen LogP contribution in [0.15, 0.2) is 36.4 Å². The molecule has 0 saturated heterocycles. The molecule has 2 atom stereocenters. The summed E-state index contributed by atoms with van der Waals surface area (Å²) in [7, 11) is 0. The number of carbonyl (C=O) groups excluding carboxylic acids is 1. The summed E-state index contributed by atoms with van der Waals surface area (Å²) in [5, 5.41) is 15.7. The van der Waals surface area contributed by atoms with Crippen molar-refractivity contribution < 1.29 is 19.0 Å². The minimum atomic E-state index is -0.376. The molecule has 1 aliphatic heterocycles. The summed E-state index contributed by atoms with van der Waals surface area (Å²) in [6.45, 7) is 0.469. The number of hydrogen-bond donors (Lipinski definition) is 3. The van der Waals surface area contributed by atoms with Crippen LogP contribution in [0, 0.1) is 5.82 Å². The van der Waals surface area contributed by atoms with Gasteiger partial charge in [0.1, 0.15) is 11.6 Å². The number of hydrogen-bond acceptors (Lipinski definition) is 3. The van der Waals surface area contributed by atoms with Crippen LogP contribution >= 0.6 is 0 Å². The Hall–Kier alpha value is -2.60. The molecule has 2 aromatic rings. The number of urea groups is 1. The number of nitrogens with one attached hydrogen (secondary N) is 2. The molecular weight excluding hydrogens is 335 g/mol. The number of ether oxygens (including phenoxy) is 1. The van der Waals surface area contributed by atoms with E-state index in [1.807, 2.05) is 18.2 Å². The molecule has 0 spiro atoms. The highest BCUT2D eigenvalue weighted by Crippen LogP contribution is 2.33. The number of benzene rings is 2. The third-order valence-electron chi connectivity index (χ3n) is 5.02. The second-order valence-corrected chi connectivity index (χ2v) is 6.81. The van der Waals surface area contributed by atoms with Gasteiger partial charge in [-0.05, 0) is 48.2 Å². The number of fused-ring (bicyclic) bond motifs is 2. The molecule has 1 aliphatic carbocycles. The predicted octanol–water partition coefficient (Wildman–Crippen LogP) is 3.32.